The normalized spacial score (nSPS) is 12.6. The van der Waals surface area contributed by atoms with E-state index in [0.29, 0.717) is 16.6 Å². The van der Waals surface area contributed by atoms with Crippen molar-refractivity contribution >= 4 is 26.6 Å². The van der Waals surface area contributed by atoms with E-state index in [1.54, 1.807) is 12.3 Å². The summed E-state index contributed by atoms with van der Waals surface area (Å²) in [5.41, 5.74) is 0.862. The molecule has 0 saturated carbocycles. The molecule has 7 nitrogen and oxygen atoms in total. The molecule has 8 heteroatoms. The maximum absolute atomic E-state index is 12.1. The van der Waals surface area contributed by atoms with E-state index in [0.717, 1.165) is 4.31 Å². The Morgan fingerprint density at radius 1 is 1.25 bits per heavy atom. The second kappa shape index (κ2) is 4.15. The Kier molecular flexibility index (Phi) is 2.66. The van der Waals surface area contributed by atoms with Gasteiger partial charge in [0.15, 0.2) is 5.65 Å². The maximum Gasteiger partial charge on any atom is 0.266 e. The van der Waals surface area contributed by atoms with Gasteiger partial charge in [-0.05, 0) is 18.2 Å². The largest absolute Gasteiger partial charge is 0.268 e. The summed E-state index contributed by atoms with van der Waals surface area (Å²) in [6, 6.07) is 6.05. The number of aromatic amines is 1. The Labute approximate surface area is 114 Å². The van der Waals surface area contributed by atoms with Crippen LogP contribution in [0, 0.1) is 0 Å². The standard InChI is InChI=1S/C12H12N4O3S/c1-15(2)20(18,19)9-3-4-10-8(5-9)7-16-11(13-10)6-12(17)14-16/h3-7H,1-2H3,(H,14,17). The van der Waals surface area contributed by atoms with Gasteiger partial charge in [-0.15, -0.1) is 0 Å². The Balaban J connectivity index is 2.30. The third-order valence-electron chi connectivity index (χ3n) is 3.02. The summed E-state index contributed by atoms with van der Waals surface area (Å²) in [5, 5.41) is 3.20. The van der Waals surface area contributed by atoms with Crippen molar-refractivity contribution in [3.05, 3.63) is 40.8 Å². The Hall–Kier alpha value is -2.19. The van der Waals surface area contributed by atoms with Crippen molar-refractivity contribution in [2.75, 3.05) is 14.1 Å². The number of sulfonamides is 1. The zero-order valence-electron chi connectivity index (χ0n) is 10.9. The predicted octanol–water partition coefficient (Wildman–Crippen LogP) is 0.426. The highest BCUT2D eigenvalue weighted by Crippen LogP contribution is 2.19. The predicted molar refractivity (Wildman–Crippen MR) is 74.2 cm³/mol. The van der Waals surface area contributed by atoms with Gasteiger partial charge in [-0.2, -0.15) is 0 Å². The fourth-order valence-electron chi connectivity index (χ4n) is 1.95. The summed E-state index contributed by atoms with van der Waals surface area (Å²) in [4.78, 5) is 15.7. The quantitative estimate of drug-likeness (QED) is 0.742. The van der Waals surface area contributed by atoms with E-state index in [4.69, 9.17) is 0 Å². The third-order valence-corrected chi connectivity index (χ3v) is 4.83. The summed E-state index contributed by atoms with van der Waals surface area (Å²) < 4.78 is 26.8. The number of H-pyrrole nitrogens is 1. The first kappa shape index (κ1) is 12.8. The minimum atomic E-state index is -3.49. The molecule has 3 rings (SSSR count). The molecule has 0 spiro atoms. The molecular weight excluding hydrogens is 280 g/mol. The molecule has 0 fully saturated rings. The lowest BCUT2D eigenvalue weighted by atomic mass is 10.2. The Morgan fingerprint density at radius 2 is 2.00 bits per heavy atom. The summed E-state index contributed by atoms with van der Waals surface area (Å²) in [6.07, 6.45) is 1.65. The van der Waals surface area contributed by atoms with Crippen LogP contribution in [-0.2, 0) is 10.0 Å². The van der Waals surface area contributed by atoms with E-state index in [2.05, 4.69) is 10.1 Å². The number of nitrogens with zero attached hydrogens (tertiary/aromatic N) is 3. The molecule has 0 saturated heterocycles. The van der Waals surface area contributed by atoms with Crippen LogP contribution in [0.3, 0.4) is 0 Å². The number of benzene rings is 1. The lowest BCUT2D eigenvalue weighted by Gasteiger charge is -2.11. The van der Waals surface area contributed by atoms with Gasteiger partial charge in [0.2, 0.25) is 10.0 Å². The van der Waals surface area contributed by atoms with Gasteiger partial charge in [0.25, 0.3) is 5.56 Å². The van der Waals surface area contributed by atoms with Gasteiger partial charge in [-0.25, -0.2) is 22.2 Å². The smallest absolute Gasteiger partial charge is 0.266 e. The van der Waals surface area contributed by atoms with E-state index in [1.165, 1.54) is 36.8 Å². The SMILES string of the molecule is CN(C)S(=O)(=O)c1ccc2nc3cc(=O)[nH]n3cc2c1. The fraction of sp³-hybridized carbons (Fsp3) is 0.167. The molecule has 1 aromatic carbocycles. The Bertz CT molecular complexity index is 969. The van der Waals surface area contributed by atoms with Crippen molar-refractivity contribution in [1.82, 2.24) is 18.9 Å². The molecule has 0 amide bonds. The van der Waals surface area contributed by atoms with Gasteiger partial charge in [0.1, 0.15) is 0 Å². The molecular formula is C12H12N4O3S. The van der Waals surface area contributed by atoms with Gasteiger partial charge in [-0.3, -0.25) is 9.89 Å². The highest BCUT2D eigenvalue weighted by molar-refractivity contribution is 7.89. The van der Waals surface area contributed by atoms with Crippen LogP contribution in [0.15, 0.2) is 40.2 Å². The fourth-order valence-corrected chi connectivity index (χ4v) is 2.89. The van der Waals surface area contributed by atoms with E-state index in [1.807, 2.05) is 0 Å². The highest BCUT2D eigenvalue weighted by atomic mass is 32.2. The van der Waals surface area contributed by atoms with Crippen LogP contribution in [0.4, 0.5) is 0 Å². The second-order valence-electron chi connectivity index (χ2n) is 4.60. The molecule has 2 heterocycles. The van der Waals surface area contributed by atoms with Gasteiger partial charge in [0.05, 0.1) is 10.4 Å². The summed E-state index contributed by atoms with van der Waals surface area (Å²) in [6.45, 7) is 0. The van der Waals surface area contributed by atoms with E-state index in [9.17, 15) is 13.2 Å². The van der Waals surface area contributed by atoms with E-state index in [-0.39, 0.29) is 10.5 Å². The average molecular weight is 292 g/mol. The number of nitrogens with one attached hydrogen (secondary N) is 1. The van der Waals surface area contributed by atoms with Gasteiger partial charge in [-0.1, -0.05) is 0 Å². The molecule has 3 aromatic rings. The molecule has 0 aliphatic heterocycles. The number of hydrogen-bond donors (Lipinski definition) is 1. The molecule has 2 aromatic heterocycles. The van der Waals surface area contributed by atoms with Gasteiger partial charge < -0.3 is 0 Å². The monoisotopic (exact) mass is 292 g/mol. The number of aromatic nitrogens is 3. The Morgan fingerprint density at radius 3 is 2.70 bits per heavy atom. The van der Waals surface area contributed by atoms with Crippen molar-refractivity contribution in [2.45, 2.75) is 4.90 Å². The first-order chi connectivity index (χ1) is 9.38. The minimum Gasteiger partial charge on any atom is -0.268 e. The van der Waals surface area contributed by atoms with Crippen molar-refractivity contribution in [3.63, 3.8) is 0 Å². The minimum absolute atomic E-state index is 0.186. The topological polar surface area (TPSA) is 87.5 Å². The van der Waals surface area contributed by atoms with Crippen LogP contribution < -0.4 is 5.56 Å². The summed E-state index contributed by atoms with van der Waals surface area (Å²) in [5.74, 6) is 0. The molecule has 0 bridgehead atoms. The lowest BCUT2D eigenvalue weighted by molar-refractivity contribution is 0.521. The molecule has 104 valence electrons. The lowest BCUT2D eigenvalue weighted by Crippen LogP contribution is -2.22. The molecule has 0 atom stereocenters. The van der Waals surface area contributed by atoms with Crippen LogP contribution >= 0.6 is 0 Å². The molecule has 0 aliphatic carbocycles. The van der Waals surface area contributed by atoms with Gasteiger partial charge >= 0.3 is 0 Å². The van der Waals surface area contributed by atoms with Crippen molar-refractivity contribution in [1.29, 1.82) is 0 Å². The summed E-state index contributed by atoms with van der Waals surface area (Å²) in [7, 11) is -0.539. The highest BCUT2D eigenvalue weighted by Gasteiger charge is 2.17. The van der Waals surface area contributed by atoms with Crippen molar-refractivity contribution in [3.8, 4) is 0 Å². The molecule has 20 heavy (non-hydrogen) atoms. The van der Waals surface area contributed by atoms with Crippen LogP contribution in [0.1, 0.15) is 0 Å². The molecule has 0 unspecified atom stereocenters. The van der Waals surface area contributed by atoms with Gasteiger partial charge in [0, 0.05) is 31.7 Å². The average Bonchev–Trinajstić information content (AvgIpc) is 2.73. The van der Waals surface area contributed by atoms with Crippen molar-refractivity contribution < 1.29 is 8.42 Å². The first-order valence-electron chi connectivity index (χ1n) is 5.83. The number of hydrogen-bond acceptors (Lipinski definition) is 4. The van der Waals surface area contributed by atoms with Crippen LogP contribution in [0.25, 0.3) is 16.6 Å². The molecule has 0 aliphatic rings. The van der Waals surface area contributed by atoms with E-state index >= 15 is 0 Å². The van der Waals surface area contributed by atoms with Crippen molar-refractivity contribution in [2.24, 2.45) is 0 Å². The van der Waals surface area contributed by atoms with E-state index < -0.39 is 10.0 Å². The summed E-state index contributed by atoms with van der Waals surface area (Å²) >= 11 is 0. The molecule has 0 radical (unpaired) electrons. The maximum atomic E-state index is 12.1. The van der Waals surface area contributed by atoms with Crippen LogP contribution in [-0.4, -0.2) is 41.4 Å². The first-order valence-corrected chi connectivity index (χ1v) is 7.27. The number of rotatable bonds is 2. The molecule has 1 N–H and O–H groups in total. The van der Waals surface area contributed by atoms with Crippen LogP contribution in [0.5, 0.6) is 0 Å². The van der Waals surface area contributed by atoms with Crippen LogP contribution in [0.2, 0.25) is 0 Å². The number of fused-ring (bicyclic) bond motifs is 2. The zero-order valence-corrected chi connectivity index (χ0v) is 11.7. The zero-order chi connectivity index (χ0) is 14.5. The second-order valence-corrected chi connectivity index (χ2v) is 6.75. The third kappa shape index (κ3) is 1.89.